The van der Waals surface area contributed by atoms with Gasteiger partial charge in [0.15, 0.2) is 0 Å². The highest BCUT2D eigenvalue weighted by Gasteiger charge is 2.38. The second kappa shape index (κ2) is 8.68. The van der Waals surface area contributed by atoms with Crippen molar-refractivity contribution in [3.63, 3.8) is 0 Å². The van der Waals surface area contributed by atoms with Crippen LogP contribution in [0.25, 0.3) is 11.1 Å². The number of hydrogen-bond donors (Lipinski definition) is 0. The first-order valence-electron chi connectivity index (χ1n) is 10.5. The van der Waals surface area contributed by atoms with Crippen LogP contribution in [0.15, 0.2) is 29.3 Å². The molecule has 1 saturated heterocycles. The van der Waals surface area contributed by atoms with Crippen molar-refractivity contribution in [3.05, 3.63) is 41.7 Å². The van der Waals surface area contributed by atoms with Crippen molar-refractivity contribution in [2.45, 2.75) is 57.7 Å². The number of halogens is 3. The average molecular weight is 435 g/mol. The smallest absolute Gasteiger partial charge is 0.342 e. The third-order valence-electron chi connectivity index (χ3n) is 5.72. The molecule has 4 heterocycles. The molecule has 3 aromatic rings. The van der Waals surface area contributed by atoms with E-state index in [9.17, 15) is 18.0 Å². The lowest BCUT2D eigenvalue weighted by Gasteiger charge is -2.32. The maximum Gasteiger partial charge on any atom is 0.417 e. The van der Waals surface area contributed by atoms with Crippen LogP contribution in [0.4, 0.5) is 13.2 Å². The van der Waals surface area contributed by atoms with E-state index in [-0.39, 0.29) is 28.6 Å². The van der Waals surface area contributed by atoms with Crippen molar-refractivity contribution >= 4 is 17.0 Å². The molecule has 7 nitrogen and oxygen atoms in total. The van der Waals surface area contributed by atoms with Gasteiger partial charge in [0.05, 0.1) is 23.0 Å². The molecule has 10 heteroatoms. The van der Waals surface area contributed by atoms with Gasteiger partial charge in [-0.05, 0) is 31.7 Å². The zero-order valence-corrected chi connectivity index (χ0v) is 17.2. The van der Waals surface area contributed by atoms with Crippen molar-refractivity contribution < 1.29 is 22.5 Å². The van der Waals surface area contributed by atoms with Crippen LogP contribution in [-0.4, -0.2) is 43.6 Å². The Hall–Kier alpha value is -2.91. The molecule has 31 heavy (non-hydrogen) atoms. The number of fused-ring (bicyclic) bond motifs is 1. The Labute approximate surface area is 177 Å². The lowest BCUT2D eigenvalue weighted by molar-refractivity contribution is -0.136. The summed E-state index contributed by atoms with van der Waals surface area (Å²) < 4.78 is 48.4. The molecule has 1 amide bonds. The zero-order valence-electron chi connectivity index (χ0n) is 17.2. The number of rotatable bonds is 6. The molecule has 0 spiro atoms. The highest BCUT2D eigenvalue weighted by Crippen LogP contribution is 2.40. The van der Waals surface area contributed by atoms with Crippen LogP contribution < -0.4 is 0 Å². The van der Waals surface area contributed by atoms with E-state index in [0.717, 1.165) is 6.07 Å². The van der Waals surface area contributed by atoms with Crippen LogP contribution in [-0.2, 0) is 23.9 Å². The minimum Gasteiger partial charge on any atom is -0.342 e. The Morgan fingerprint density at radius 3 is 2.90 bits per heavy atom. The molecule has 1 aliphatic heterocycles. The number of likely N-dealkylation sites (tertiary alicyclic amines) is 1. The van der Waals surface area contributed by atoms with Gasteiger partial charge < -0.3 is 14.0 Å². The van der Waals surface area contributed by atoms with Gasteiger partial charge >= 0.3 is 6.18 Å². The zero-order chi connectivity index (χ0) is 22.0. The summed E-state index contributed by atoms with van der Waals surface area (Å²) in [5.74, 6) is -0.317. The summed E-state index contributed by atoms with van der Waals surface area (Å²) in [5.41, 5.74) is -0.311. The molecule has 0 radical (unpaired) electrons. The van der Waals surface area contributed by atoms with Crippen molar-refractivity contribution in [2.24, 2.45) is 0 Å². The molecular formula is C21H24F3N5O2. The molecule has 0 N–H and O–H groups in total. The fraction of sp³-hybridized carbons (Fsp3) is 0.524. The molecule has 0 aromatic carbocycles. The SMILES string of the molecule is CCc1cc(C(F)(F)F)c2c(C3CCCN(C(=O)CCCn4ccnc4)C3)noc2n1. The van der Waals surface area contributed by atoms with E-state index >= 15 is 0 Å². The first-order chi connectivity index (χ1) is 14.9. The molecular weight excluding hydrogens is 411 g/mol. The number of aryl methyl sites for hydroxylation is 2. The van der Waals surface area contributed by atoms with Gasteiger partial charge in [-0.15, -0.1) is 0 Å². The Bertz CT molecular complexity index is 1050. The van der Waals surface area contributed by atoms with E-state index in [1.54, 1.807) is 24.3 Å². The standard InChI is InChI=1S/C21H24F3N5O2/c1-2-15-11-16(21(22,23)24)18-19(27-31-20(18)26-15)14-5-3-9-29(12-14)17(30)6-4-8-28-10-7-25-13-28/h7,10-11,13-14H,2-6,8-9,12H2,1H3. The number of amides is 1. The molecule has 1 atom stereocenters. The average Bonchev–Trinajstić information content (AvgIpc) is 3.42. The van der Waals surface area contributed by atoms with Crippen LogP contribution in [0.3, 0.4) is 0 Å². The largest absolute Gasteiger partial charge is 0.417 e. The number of imidazole rings is 1. The van der Waals surface area contributed by atoms with Crippen LogP contribution in [0, 0.1) is 0 Å². The number of nitrogens with zero attached hydrogens (tertiary/aromatic N) is 5. The topological polar surface area (TPSA) is 77.0 Å². The predicted molar refractivity (Wildman–Crippen MR) is 106 cm³/mol. The monoisotopic (exact) mass is 435 g/mol. The molecule has 1 fully saturated rings. The minimum absolute atomic E-state index is 0.0000508. The molecule has 4 rings (SSSR count). The first-order valence-corrected chi connectivity index (χ1v) is 10.5. The van der Waals surface area contributed by atoms with E-state index in [1.165, 1.54) is 0 Å². The lowest BCUT2D eigenvalue weighted by atomic mass is 9.91. The lowest BCUT2D eigenvalue weighted by Crippen LogP contribution is -2.39. The third kappa shape index (κ3) is 4.57. The molecule has 0 aliphatic carbocycles. The summed E-state index contributed by atoms with van der Waals surface area (Å²) in [6, 6.07) is 1.07. The number of aromatic nitrogens is 4. The van der Waals surface area contributed by atoms with Crippen molar-refractivity contribution in [1.82, 2.24) is 24.6 Å². The van der Waals surface area contributed by atoms with Crippen molar-refractivity contribution in [3.8, 4) is 0 Å². The van der Waals surface area contributed by atoms with Gasteiger partial charge in [0.1, 0.15) is 0 Å². The van der Waals surface area contributed by atoms with E-state index in [4.69, 9.17) is 4.52 Å². The van der Waals surface area contributed by atoms with Gasteiger partial charge in [0.2, 0.25) is 5.91 Å². The maximum atomic E-state index is 13.8. The highest BCUT2D eigenvalue weighted by atomic mass is 19.4. The number of piperidine rings is 1. The second-order valence-corrected chi connectivity index (χ2v) is 7.84. The molecule has 1 unspecified atom stereocenters. The molecule has 166 valence electrons. The van der Waals surface area contributed by atoms with Gasteiger partial charge in [-0.1, -0.05) is 12.1 Å². The second-order valence-electron chi connectivity index (χ2n) is 7.84. The Kier molecular flexibility index (Phi) is 5.97. The fourth-order valence-corrected chi connectivity index (χ4v) is 4.12. The summed E-state index contributed by atoms with van der Waals surface area (Å²) in [6.07, 6.45) is 3.45. The van der Waals surface area contributed by atoms with Crippen LogP contribution in [0.2, 0.25) is 0 Å². The van der Waals surface area contributed by atoms with Crippen LogP contribution >= 0.6 is 0 Å². The normalized spacial score (nSPS) is 17.4. The van der Waals surface area contributed by atoms with Crippen molar-refractivity contribution in [2.75, 3.05) is 13.1 Å². The van der Waals surface area contributed by atoms with E-state index in [2.05, 4.69) is 15.1 Å². The molecule has 1 aliphatic rings. The van der Waals surface area contributed by atoms with E-state index in [0.29, 0.717) is 57.4 Å². The van der Waals surface area contributed by atoms with Gasteiger partial charge in [-0.3, -0.25) is 4.79 Å². The summed E-state index contributed by atoms with van der Waals surface area (Å²) in [4.78, 5) is 22.6. The van der Waals surface area contributed by atoms with Crippen molar-refractivity contribution in [1.29, 1.82) is 0 Å². The Morgan fingerprint density at radius 1 is 1.35 bits per heavy atom. The maximum absolute atomic E-state index is 13.8. The van der Waals surface area contributed by atoms with Gasteiger partial charge in [0.25, 0.3) is 5.71 Å². The minimum atomic E-state index is -4.54. The third-order valence-corrected chi connectivity index (χ3v) is 5.72. The quantitative estimate of drug-likeness (QED) is 0.580. The highest BCUT2D eigenvalue weighted by molar-refractivity contribution is 5.82. The number of pyridine rings is 1. The van der Waals surface area contributed by atoms with Gasteiger partial charge in [-0.2, -0.15) is 13.2 Å². The molecule has 0 bridgehead atoms. The van der Waals surface area contributed by atoms with Crippen LogP contribution in [0.1, 0.15) is 55.5 Å². The number of alkyl halides is 3. The van der Waals surface area contributed by atoms with Gasteiger partial charge in [-0.25, -0.2) is 9.97 Å². The summed E-state index contributed by atoms with van der Waals surface area (Å²) in [5, 5.41) is 3.89. The predicted octanol–water partition coefficient (Wildman–Crippen LogP) is 4.19. The number of carbonyl (C=O) groups is 1. The summed E-state index contributed by atoms with van der Waals surface area (Å²) in [6.45, 7) is 3.36. The van der Waals surface area contributed by atoms with Gasteiger partial charge in [0, 0.05) is 50.1 Å². The Morgan fingerprint density at radius 2 is 2.19 bits per heavy atom. The fourth-order valence-electron chi connectivity index (χ4n) is 4.12. The van der Waals surface area contributed by atoms with Crippen LogP contribution in [0.5, 0.6) is 0 Å². The molecule has 3 aromatic heterocycles. The number of hydrogen-bond acceptors (Lipinski definition) is 5. The first kappa shape index (κ1) is 21.3. The summed E-state index contributed by atoms with van der Waals surface area (Å²) in [7, 11) is 0. The Balaban J connectivity index is 1.52. The van der Waals surface area contributed by atoms with E-state index < -0.39 is 11.7 Å². The number of carbonyl (C=O) groups excluding carboxylic acids is 1. The van der Waals surface area contributed by atoms with E-state index in [1.807, 2.05) is 10.8 Å². The summed E-state index contributed by atoms with van der Waals surface area (Å²) >= 11 is 0. The molecule has 0 saturated carbocycles.